The molecule has 4 aromatic rings. The Bertz CT molecular complexity index is 1230. The molecule has 42 heavy (non-hydrogen) atoms. The first-order chi connectivity index (χ1) is 20.6. The fourth-order valence-electron chi connectivity index (χ4n) is 4.93. The van der Waals surface area contributed by atoms with Crippen molar-refractivity contribution in [1.82, 2.24) is 30.4 Å². The molecule has 1 atom stereocenters. The molecular weight excluding hydrogens is 524 g/mol. The zero-order valence-corrected chi connectivity index (χ0v) is 24.8. The van der Waals surface area contributed by atoms with Crippen molar-refractivity contribution >= 4 is 0 Å². The fourth-order valence-corrected chi connectivity index (χ4v) is 4.93. The third kappa shape index (κ3) is 9.52. The minimum Gasteiger partial charge on any atom is -0.349 e. The summed E-state index contributed by atoms with van der Waals surface area (Å²) in [4.78, 5) is 13.2. The Hall–Kier alpha value is -3.50. The van der Waals surface area contributed by atoms with Crippen molar-refractivity contribution in [2.24, 2.45) is 0 Å². The van der Waals surface area contributed by atoms with E-state index in [9.17, 15) is 5.11 Å². The summed E-state index contributed by atoms with van der Waals surface area (Å²) < 4.78 is 5.63. The maximum Gasteiger partial charge on any atom is 0.255 e. The van der Waals surface area contributed by atoms with Crippen LogP contribution in [-0.4, -0.2) is 64.7 Å². The molecule has 2 aromatic carbocycles. The Labute approximate surface area is 250 Å². The molecule has 0 saturated carbocycles. The number of aromatic nitrogens is 2. The van der Waals surface area contributed by atoms with Gasteiger partial charge in [0.05, 0.1) is 11.4 Å². The Balaban J connectivity index is 1.34. The van der Waals surface area contributed by atoms with E-state index >= 15 is 0 Å². The molecule has 8 nitrogen and oxygen atoms in total. The summed E-state index contributed by atoms with van der Waals surface area (Å²) in [5.74, 6) is -1.49. The number of hydrogen-bond acceptors (Lipinski definition) is 8. The van der Waals surface area contributed by atoms with Crippen LogP contribution in [-0.2, 0) is 36.8 Å². The van der Waals surface area contributed by atoms with Gasteiger partial charge in [-0.25, -0.2) is 4.90 Å². The second-order valence-electron chi connectivity index (χ2n) is 10.3. The Morgan fingerprint density at radius 3 is 1.71 bits per heavy atom. The maximum atomic E-state index is 11.4. The average molecular weight is 569 g/mol. The smallest absolute Gasteiger partial charge is 0.255 e. The van der Waals surface area contributed by atoms with Crippen molar-refractivity contribution in [3.63, 3.8) is 0 Å². The van der Waals surface area contributed by atoms with Gasteiger partial charge in [-0.3, -0.25) is 14.9 Å². The molecule has 0 aliphatic rings. The number of rotatable bonds is 18. The molecule has 0 radical (unpaired) electrons. The van der Waals surface area contributed by atoms with Gasteiger partial charge < -0.3 is 20.5 Å². The highest BCUT2D eigenvalue weighted by molar-refractivity contribution is 5.24. The number of methoxy groups -OCH3 is 1. The third-order valence-corrected chi connectivity index (χ3v) is 7.32. The maximum absolute atomic E-state index is 11.4. The SMILES string of the molecule is CCN(Cc1ccc(CN(CCNCc2ccccn2)CCNCc2ccccn2)cc1)C(O)(OC)c1ccccc1. The van der Waals surface area contributed by atoms with Gasteiger partial charge >= 0.3 is 0 Å². The fraction of sp³-hybridized carbons (Fsp3) is 0.353. The number of nitrogens with zero attached hydrogens (tertiary/aromatic N) is 4. The zero-order chi connectivity index (χ0) is 29.5. The van der Waals surface area contributed by atoms with Gasteiger partial charge in [-0.1, -0.05) is 73.7 Å². The second-order valence-corrected chi connectivity index (χ2v) is 10.3. The van der Waals surface area contributed by atoms with Crippen molar-refractivity contribution in [1.29, 1.82) is 0 Å². The summed E-state index contributed by atoms with van der Waals surface area (Å²) in [7, 11) is 1.55. The Morgan fingerprint density at radius 2 is 1.24 bits per heavy atom. The van der Waals surface area contributed by atoms with Gasteiger partial charge in [0.1, 0.15) is 0 Å². The molecule has 0 bridgehead atoms. The molecule has 222 valence electrons. The van der Waals surface area contributed by atoms with E-state index in [2.05, 4.69) is 49.8 Å². The number of nitrogens with one attached hydrogen (secondary N) is 2. The minimum absolute atomic E-state index is 0.564. The standard InChI is InChI=1S/C34H44N6O2/c1-3-40(34(41,42-2)31-11-5-4-6-12-31)28-30-17-15-29(16-18-30)27-39(23-21-35-25-32-13-7-9-19-37-32)24-22-36-26-33-14-8-10-20-38-33/h4-20,35-36,41H,3,21-28H2,1-2H3. The highest BCUT2D eigenvalue weighted by Gasteiger charge is 2.35. The van der Waals surface area contributed by atoms with E-state index in [1.807, 2.05) is 90.9 Å². The van der Waals surface area contributed by atoms with Crippen molar-refractivity contribution in [2.45, 2.75) is 39.0 Å². The lowest BCUT2D eigenvalue weighted by Crippen LogP contribution is -2.47. The van der Waals surface area contributed by atoms with E-state index in [-0.39, 0.29) is 0 Å². The molecule has 2 aromatic heterocycles. The molecule has 0 fully saturated rings. The normalized spacial score (nSPS) is 13.0. The Morgan fingerprint density at radius 1 is 0.714 bits per heavy atom. The minimum atomic E-state index is -1.49. The van der Waals surface area contributed by atoms with Gasteiger partial charge in [-0.15, -0.1) is 0 Å². The van der Waals surface area contributed by atoms with Crippen LogP contribution in [0.2, 0.25) is 0 Å². The number of aliphatic hydroxyl groups is 1. The zero-order valence-electron chi connectivity index (χ0n) is 24.8. The van der Waals surface area contributed by atoms with Crippen LogP contribution in [0, 0.1) is 0 Å². The summed E-state index contributed by atoms with van der Waals surface area (Å²) in [6, 6.07) is 30.2. The summed E-state index contributed by atoms with van der Waals surface area (Å²) in [6.07, 6.45) is 3.66. The molecule has 0 spiro atoms. The molecule has 1 unspecified atom stereocenters. The lowest BCUT2D eigenvalue weighted by molar-refractivity contribution is -0.294. The van der Waals surface area contributed by atoms with Crippen molar-refractivity contribution in [2.75, 3.05) is 39.8 Å². The van der Waals surface area contributed by atoms with Crippen LogP contribution in [0.25, 0.3) is 0 Å². The van der Waals surface area contributed by atoms with Crippen LogP contribution in [0.1, 0.15) is 35.0 Å². The largest absolute Gasteiger partial charge is 0.349 e. The molecule has 2 heterocycles. The lowest BCUT2D eigenvalue weighted by Gasteiger charge is -2.38. The molecule has 0 aliphatic carbocycles. The second kappa shape index (κ2) is 16.8. The first kappa shape index (κ1) is 31.4. The molecule has 3 N–H and O–H groups in total. The highest BCUT2D eigenvalue weighted by Crippen LogP contribution is 2.28. The monoisotopic (exact) mass is 568 g/mol. The molecule has 0 aliphatic heterocycles. The molecule has 0 amide bonds. The van der Waals surface area contributed by atoms with Crippen LogP contribution in [0.15, 0.2) is 103 Å². The summed E-state index contributed by atoms with van der Waals surface area (Å²) in [5.41, 5.74) is 5.18. The molecule has 8 heteroatoms. The van der Waals surface area contributed by atoms with Crippen LogP contribution in [0.3, 0.4) is 0 Å². The van der Waals surface area contributed by atoms with E-state index < -0.39 is 5.91 Å². The first-order valence-electron chi connectivity index (χ1n) is 14.7. The summed E-state index contributed by atoms with van der Waals surface area (Å²) in [5, 5.41) is 18.5. The number of pyridine rings is 2. The van der Waals surface area contributed by atoms with E-state index in [1.54, 1.807) is 7.11 Å². The quantitative estimate of drug-likeness (QED) is 0.122. The van der Waals surface area contributed by atoms with Gasteiger partial charge in [0.15, 0.2) is 0 Å². The average Bonchev–Trinajstić information content (AvgIpc) is 3.05. The van der Waals surface area contributed by atoms with Crippen molar-refractivity contribution < 1.29 is 9.84 Å². The van der Waals surface area contributed by atoms with E-state index in [0.29, 0.717) is 13.1 Å². The van der Waals surface area contributed by atoms with Gasteiger partial charge in [-0.05, 0) is 35.4 Å². The molecular formula is C34H44N6O2. The predicted octanol–water partition coefficient (Wildman–Crippen LogP) is 4.13. The topological polar surface area (TPSA) is 85.8 Å². The number of ether oxygens (including phenoxy) is 1. The van der Waals surface area contributed by atoms with E-state index in [4.69, 9.17) is 4.74 Å². The van der Waals surface area contributed by atoms with Crippen molar-refractivity contribution in [3.05, 3.63) is 131 Å². The van der Waals surface area contributed by atoms with Crippen LogP contribution in [0.4, 0.5) is 0 Å². The number of benzene rings is 2. The van der Waals surface area contributed by atoms with Gasteiger partial charge in [0.2, 0.25) is 0 Å². The lowest BCUT2D eigenvalue weighted by atomic mass is 10.1. The number of hydrogen-bond donors (Lipinski definition) is 3. The molecule has 0 saturated heterocycles. The first-order valence-corrected chi connectivity index (χ1v) is 14.7. The van der Waals surface area contributed by atoms with Gasteiger partial charge in [0.25, 0.3) is 5.91 Å². The van der Waals surface area contributed by atoms with Crippen LogP contribution in [0.5, 0.6) is 0 Å². The third-order valence-electron chi connectivity index (χ3n) is 7.32. The van der Waals surface area contributed by atoms with Gasteiger partial charge in [-0.2, -0.15) is 0 Å². The summed E-state index contributed by atoms with van der Waals surface area (Å²) >= 11 is 0. The van der Waals surface area contributed by atoms with E-state index in [0.717, 1.165) is 68.3 Å². The predicted molar refractivity (Wildman–Crippen MR) is 167 cm³/mol. The highest BCUT2D eigenvalue weighted by atomic mass is 16.6. The molecule has 4 rings (SSSR count). The van der Waals surface area contributed by atoms with Crippen LogP contribution >= 0.6 is 0 Å². The van der Waals surface area contributed by atoms with Gasteiger partial charge in [0, 0.05) is 84.0 Å². The van der Waals surface area contributed by atoms with Crippen molar-refractivity contribution in [3.8, 4) is 0 Å². The van der Waals surface area contributed by atoms with Crippen LogP contribution < -0.4 is 10.6 Å². The van der Waals surface area contributed by atoms with E-state index in [1.165, 1.54) is 5.56 Å². The summed E-state index contributed by atoms with van der Waals surface area (Å²) in [6.45, 7) is 9.16. The Kier molecular flexibility index (Phi) is 12.6.